The summed E-state index contributed by atoms with van der Waals surface area (Å²) in [4.78, 5) is 10.3. The van der Waals surface area contributed by atoms with E-state index in [0.717, 1.165) is 0 Å². The first-order valence-electron chi connectivity index (χ1n) is 2.08. The van der Waals surface area contributed by atoms with Crippen LogP contribution >= 0.6 is 0 Å². The van der Waals surface area contributed by atoms with Gasteiger partial charge in [-0.1, -0.05) is 0 Å². The van der Waals surface area contributed by atoms with Crippen molar-refractivity contribution in [3.8, 4) is 0 Å². The molecule has 0 atom stereocenters. The van der Waals surface area contributed by atoms with Gasteiger partial charge in [0.1, 0.15) is 13.3 Å². The van der Waals surface area contributed by atoms with E-state index in [4.69, 9.17) is 0 Å². The molecule has 1 rings (SSSR count). The summed E-state index contributed by atoms with van der Waals surface area (Å²) in [6.07, 6.45) is 0. The van der Waals surface area contributed by atoms with Crippen molar-refractivity contribution in [2.75, 3.05) is 13.2 Å². The second-order valence-corrected chi connectivity index (χ2v) is 1.35. The lowest BCUT2D eigenvalue weighted by atomic mass is 10.4. The Morgan fingerprint density at radius 3 is 3.00 bits per heavy atom. The van der Waals surface area contributed by atoms with Gasteiger partial charge >= 0.3 is 0 Å². The van der Waals surface area contributed by atoms with Crippen LogP contribution in [0.25, 0.3) is 0 Å². The van der Waals surface area contributed by atoms with E-state index in [-0.39, 0.29) is 12.4 Å². The van der Waals surface area contributed by atoms with Gasteiger partial charge in [-0.2, -0.15) is 0 Å². The lowest BCUT2D eigenvalue weighted by molar-refractivity contribution is -0.124. The molecule has 0 aromatic rings. The average molecular weight is 100 g/mol. The highest BCUT2D eigenvalue weighted by Gasteiger charge is 2.05. The van der Waals surface area contributed by atoms with Gasteiger partial charge in [0, 0.05) is 0 Å². The normalized spacial score (nSPS) is 22.6. The molecule has 1 aliphatic heterocycles. The third-order valence-electron chi connectivity index (χ3n) is 0.710. The molecule has 0 aromatic heterocycles. The number of hydrogen-bond acceptors (Lipinski definition) is 3. The van der Waals surface area contributed by atoms with Crippen molar-refractivity contribution in [1.29, 1.82) is 0 Å². The highest BCUT2D eigenvalue weighted by Crippen LogP contribution is 1.84. The Morgan fingerprint density at radius 2 is 2.71 bits per heavy atom. The topological polar surface area (TPSA) is 38.3 Å². The van der Waals surface area contributed by atoms with E-state index in [1.165, 1.54) is 6.73 Å². The number of ketones is 1. The fourth-order valence-corrected chi connectivity index (χ4v) is 0.400. The summed E-state index contributed by atoms with van der Waals surface area (Å²) < 4.78 is 4.60. The van der Waals surface area contributed by atoms with Crippen LogP contribution in [-0.4, -0.2) is 18.9 Å². The molecule has 1 N–H and O–H groups in total. The standard InChI is InChI=1S/C4H6NO2/c6-4-1-5-3-7-2-4/h3,5H,1-2H2. The quantitative estimate of drug-likeness (QED) is 0.437. The van der Waals surface area contributed by atoms with Crippen molar-refractivity contribution in [1.82, 2.24) is 5.32 Å². The Hall–Kier alpha value is -0.410. The SMILES string of the molecule is O=C1CN[CH]OC1. The summed E-state index contributed by atoms with van der Waals surface area (Å²) in [6.45, 7) is 2.08. The van der Waals surface area contributed by atoms with Crippen LogP contribution in [0.1, 0.15) is 0 Å². The highest BCUT2D eigenvalue weighted by molar-refractivity contribution is 5.82. The molecular formula is C4H6NO2. The zero-order valence-electron chi connectivity index (χ0n) is 3.81. The maximum Gasteiger partial charge on any atom is 0.172 e. The van der Waals surface area contributed by atoms with Crippen molar-refractivity contribution in [3.05, 3.63) is 6.73 Å². The van der Waals surface area contributed by atoms with Gasteiger partial charge in [0.05, 0.1) is 6.54 Å². The first kappa shape index (κ1) is 4.74. The van der Waals surface area contributed by atoms with E-state index in [1.54, 1.807) is 0 Å². The first-order chi connectivity index (χ1) is 3.39. The van der Waals surface area contributed by atoms with Crippen molar-refractivity contribution in [3.63, 3.8) is 0 Å². The molecule has 0 aromatic carbocycles. The molecule has 39 valence electrons. The maximum atomic E-state index is 10.3. The fourth-order valence-electron chi connectivity index (χ4n) is 0.400. The summed E-state index contributed by atoms with van der Waals surface area (Å²) in [7, 11) is 0. The molecule has 1 radical (unpaired) electrons. The second kappa shape index (κ2) is 2.04. The fraction of sp³-hybridized carbons (Fsp3) is 0.500. The number of nitrogens with one attached hydrogen (secondary N) is 1. The molecule has 7 heavy (non-hydrogen) atoms. The Kier molecular flexibility index (Phi) is 1.38. The zero-order valence-corrected chi connectivity index (χ0v) is 3.81. The second-order valence-electron chi connectivity index (χ2n) is 1.35. The molecule has 3 heteroatoms. The van der Waals surface area contributed by atoms with Crippen molar-refractivity contribution in [2.24, 2.45) is 0 Å². The first-order valence-corrected chi connectivity index (χ1v) is 2.08. The molecule has 0 saturated carbocycles. The number of rotatable bonds is 0. The van der Waals surface area contributed by atoms with Gasteiger partial charge in [-0.15, -0.1) is 0 Å². The van der Waals surface area contributed by atoms with Gasteiger partial charge in [-0.05, 0) is 0 Å². The number of carbonyl (C=O) groups excluding carboxylic acids is 1. The van der Waals surface area contributed by atoms with Gasteiger partial charge in [0.25, 0.3) is 0 Å². The minimum Gasteiger partial charge on any atom is -0.351 e. The zero-order chi connectivity index (χ0) is 5.11. The third-order valence-corrected chi connectivity index (χ3v) is 0.710. The van der Waals surface area contributed by atoms with Gasteiger partial charge in [0.2, 0.25) is 0 Å². The van der Waals surface area contributed by atoms with Gasteiger partial charge in [-0.3, -0.25) is 10.1 Å². The van der Waals surface area contributed by atoms with E-state index < -0.39 is 0 Å². The summed E-state index contributed by atoms with van der Waals surface area (Å²) in [6, 6.07) is 0. The molecule has 0 bridgehead atoms. The largest absolute Gasteiger partial charge is 0.351 e. The number of carbonyl (C=O) groups is 1. The Morgan fingerprint density at radius 1 is 1.86 bits per heavy atom. The van der Waals surface area contributed by atoms with Gasteiger partial charge in [-0.25, -0.2) is 0 Å². The Labute approximate surface area is 41.7 Å². The number of Topliss-reactive ketones (excluding diaryl/α,β-unsaturated/α-hetero) is 1. The van der Waals surface area contributed by atoms with Crippen LogP contribution in [-0.2, 0) is 9.53 Å². The Bertz CT molecular complexity index is 73.8. The van der Waals surface area contributed by atoms with Gasteiger partial charge < -0.3 is 4.74 Å². The van der Waals surface area contributed by atoms with Crippen LogP contribution in [0.15, 0.2) is 0 Å². The number of ether oxygens (including phenoxy) is 1. The number of hydrogen-bond donors (Lipinski definition) is 1. The lowest BCUT2D eigenvalue weighted by Crippen LogP contribution is -2.31. The van der Waals surface area contributed by atoms with E-state index in [1.807, 2.05) is 0 Å². The molecule has 3 nitrogen and oxygen atoms in total. The van der Waals surface area contributed by atoms with E-state index >= 15 is 0 Å². The molecule has 1 fully saturated rings. The van der Waals surface area contributed by atoms with Crippen LogP contribution in [0.2, 0.25) is 0 Å². The Balaban J connectivity index is 2.25. The molecular weight excluding hydrogens is 94.0 g/mol. The molecule has 0 aliphatic carbocycles. The van der Waals surface area contributed by atoms with Crippen LogP contribution < -0.4 is 5.32 Å². The summed E-state index contributed by atoms with van der Waals surface area (Å²) >= 11 is 0. The molecule has 0 unspecified atom stereocenters. The van der Waals surface area contributed by atoms with E-state index in [9.17, 15) is 4.79 Å². The smallest absolute Gasteiger partial charge is 0.172 e. The minimum absolute atomic E-state index is 0.0995. The van der Waals surface area contributed by atoms with Crippen molar-refractivity contribution >= 4 is 5.78 Å². The predicted molar refractivity (Wildman–Crippen MR) is 23.3 cm³/mol. The lowest BCUT2D eigenvalue weighted by Gasteiger charge is -2.08. The predicted octanol–water partition coefficient (Wildman–Crippen LogP) is -0.705. The van der Waals surface area contributed by atoms with Crippen LogP contribution in [0.4, 0.5) is 0 Å². The van der Waals surface area contributed by atoms with E-state index in [2.05, 4.69) is 10.1 Å². The molecule has 1 heterocycles. The van der Waals surface area contributed by atoms with E-state index in [0.29, 0.717) is 6.54 Å². The van der Waals surface area contributed by atoms with Crippen LogP contribution in [0.5, 0.6) is 0 Å². The molecule has 0 amide bonds. The summed E-state index contributed by atoms with van der Waals surface area (Å²) in [5, 5.41) is 2.64. The minimum atomic E-state index is 0.0995. The van der Waals surface area contributed by atoms with Crippen molar-refractivity contribution in [2.45, 2.75) is 0 Å². The molecule has 1 aliphatic rings. The average Bonchev–Trinajstić information content (AvgIpc) is 1.69. The molecule has 0 spiro atoms. The summed E-state index contributed by atoms with van der Waals surface area (Å²) in [5.41, 5.74) is 0. The summed E-state index contributed by atoms with van der Waals surface area (Å²) in [5.74, 6) is 0.0995. The van der Waals surface area contributed by atoms with Crippen LogP contribution in [0.3, 0.4) is 0 Å². The van der Waals surface area contributed by atoms with Crippen LogP contribution in [0, 0.1) is 6.73 Å². The molecule has 1 saturated heterocycles. The maximum absolute atomic E-state index is 10.3. The van der Waals surface area contributed by atoms with Crippen molar-refractivity contribution < 1.29 is 9.53 Å². The third kappa shape index (κ3) is 1.25. The highest BCUT2D eigenvalue weighted by atomic mass is 16.5. The monoisotopic (exact) mass is 100 g/mol. The van der Waals surface area contributed by atoms with Gasteiger partial charge in [0.15, 0.2) is 5.78 Å².